The molecule has 0 bridgehead atoms. The van der Waals surface area contributed by atoms with Crippen LogP contribution in [0.4, 0.5) is 0 Å². The maximum atomic E-state index is 11.8. The summed E-state index contributed by atoms with van der Waals surface area (Å²) in [7, 11) is 0. The predicted molar refractivity (Wildman–Crippen MR) is 102 cm³/mol. The Morgan fingerprint density at radius 3 is 2.08 bits per heavy atom. The highest BCUT2D eigenvalue weighted by Crippen LogP contribution is 2.41. The molecule has 114 valence electrons. The van der Waals surface area contributed by atoms with Gasteiger partial charge in [0.1, 0.15) is 5.78 Å². The maximum absolute atomic E-state index is 11.8. The molecule has 0 saturated heterocycles. The van der Waals surface area contributed by atoms with E-state index in [0.717, 1.165) is 5.56 Å². The molecule has 5 aromatic carbocycles. The number of carbonyl (C=O) groups is 1. The van der Waals surface area contributed by atoms with Crippen molar-refractivity contribution >= 4 is 48.9 Å². The number of ketones is 1. The highest BCUT2D eigenvalue weighted by Gasteiger charge is 2.15. The van der Waals surface area contributed by atoms with Crippen LogP contribution >= 0.6 is 0 Å². The van der Waals surface area contributed by atoms with Crippen molar-refractivity contribution in [3.63, 3.8) is 0 Å². The van der Waals surface area contributed by atoms with Gasteiger partial charge in [-0.1, -0.05) is 66.7 Å². The summed E-state index contributed by atoms with van der Waals surface area (Å²) in [6, 6.07) is 23.7. The molecule has 0 aromatic heterocycles. The number of hydrogen-bond acceptors (Lipinski definition) is 1. The second kappa shape index (κ2) is 4.78. The Morgan fingerprint density at radius 1 is 0.667 bits per heavy atom. The minimum atomic E-state index is 0.203. The van der Waals surface area contributed by atoms with Crippen LogP contribution in [0.5, 0.6) is 0 Å². The fraction of sp³-hybridized carbons (Fsp3) is 0.0870. The molecule has 0 fully saturated rings. The minimum Gasteiger partial charge on any atom is -0.300 e. The topological polar surface area (TPSA) is 17.1 Å². The molecule has 0 heterocycles. The van der Waals surface area contributed by atoms with Crippen LogP contribution in [-0.2, 0) is 11.2 Å². The molecule has 0 aliphatic carbocycles. The van der Waals surface area contributed by atoms with Crippen molar-refractivity contribution in [3.8, 4) is 0 Å². The summed E-state index contributed by atoms with van der Waals surface area (Å²) in [5.74, 6) is 0.203. The van der Waals surface area contributed by atoms with E-state index in [9.17, 15) is 4.79 Å². The quantitative estimate of drug-likeness (QED) is 0.294. The lowest BCUT2D eigenvalue weighted by Crippen LogP contribution is -1.98. The molecule has 5 rings (SSSR count). The van der Waals surface area contributed by atoms with Gasteiger partial charge in [0.2, 0.25) is 0 Å². The third-order valence-electron chi connectivity index (χ3n) is 5.04. The molecule has 24 heavy (non-hydrogen) atoms. The standard InChI is InChI=1S/C23H16O/c1-14(24)13-17-12-11-16-10-9-15-5-4-8-20-18-6-2-3-7-19(18)22(17)23(16)21(15)20/h2-12H,13H2,1H3. The van der Waals surface area contributed by atoms with Gasteiger partial charge >= 0.3 is 0 Å². The SMILES string of the molecule is CC(=O)Cc1ccc2ccc3cccc4c5ccccc5c1c2c34. The van der Waals surface area contributed by atoms with Crippen LogP contribution in [-0.4, -0.2) is 5.78 Å². The van der Waals surface area contributed by atoms with E-state index in [4.69, 9.17) is 0 Å². The zero-order valence-corrected chi connectivity index (χ0v) is 13.5. The van der Waals surface area contributed by atoms with Gasteiger partial charge in [-0.3, -0.25) is 4.79 Å². The van der Waals surface area contributed by atoms with Crippen LogP contribution in [0.3, 0.4) is 0 Å². The first-order chi connectivity index (χ1) is 11.7. The fourth-order valence-electron chi connectivity index (χ4n) is 4.12. The molecule has 0 unspecified atom stereocenters. The molecule has 5 aromatic rings. The lowest BCUT2D eigenvalue weighted by atomic mass is 9.86. The summed E-state index contributed by atoms with van der Waals surface area (Å²) >= 11 is 0. The highest BCUT2D eigenvalue weighted by atomic mass is 16.1. The predicted octanol–water partition coefficient (Wildman–Crippen LogP) is 5.87. The van der Waals surface area contributed by atoms with Gasteiger partial charge in [0.15, 0.2) is 0 Å². The second-order valence-corrected chi connectivity index (χ2v) is 6.59. The number of rotatable bonds is 2. The fourth-order valence-corrected chi connectivity index (χ4v) is 4.12. The summed E-state index contributed by atoms with van der Waals surface area (Å²) in [4.78, 5) is 11.8. The van der Waals surface area contributed by atoms with Gasteiger partial charge in [-0.25, -0.2) is 0 Å². The average molecular weight is 308 g/mol. The molecule has 0 aliphatic rings. The number of benzene rings is 5. The van der Waals surface area contributed by atoms with Gasteiger partial charge in [0, 0.05) is 6.42 Å². The highest BCUT2D eigenvalue weighted by molar-refractivity contribution is 6.34. The van der Waals surface area contributed by atoms with E-state index in [1.54, 1.807) is 6.92 Å². The minimum absolute atomic E-state index is 0.203. The van der Waals surface area contributed by atoms with Crippen LogP contribution in [0.25, 0.3) is 43.1 Å². The Bertz CT molecular complexity index is 1250. The Kier molecular flexibility index (Phi) is 2.69. The van der Waals surface area contributed by atoms with Gasteiger partial charge < -0.3 is 0 Å². The lowest BCUT2D eigenvalue weighted by Gasteiger charge is -2.17. The number of Topliss-reactive ketones (excluding diaryl/α,β-unsaturated/α-hetero) is 1. The van der Waals surface area contributed by atoms with Crippen LogP contribution < -0.4 is 0 Å². The first-order valence-corrected chi connectivity index (χ1v) is 8.30. The normalized spacial score (nSPS) is 11.9. The third kappa shape index (κ3) is 1.73. The Morgan fingerprint density at radius 2 is 1.29 bits per heavy atom. The molecule has 0 radical (unpaired) electrons. The van der Waals surface area contributed by atoms with E-state index in [1.165, 1.54) is 43.1 Å². The number of carbonyl (C=O) groups excluding carboxylic acids is 1. The molecule has 1 nitrogen and oxygen atoms in total. The Hall–Kier alpha value is -2.93. The first kappa shape index (κ1) is 13.5. The van der Waals surface area contributed by atoms with E-state index in [0.29, 0.717) is 6.42 Å². The van der Waals surface area contributed by atoms with Gasteiger partial charge in [0.05, 0.1) is 0 Å². The van der Waals surface area contributed by atoms with E-state index in [-0.39, 0.29) is 5.78 Å². The molecule has 0 saturated carbocycles. The molecule has 0 aliphatic heterocycles. The lowest BCUT2D eigenvalue weighted by molar-refractivity contribution is -0.116. The van der Waals surface area contributed by atoms with Crippen molar-refractivity contribution in [2.24, 2.45) is 0 Å². The van der Waals surface area contributed by atoms with E-state index >= 15 is 0 Å². The second-order valence-electron chi connectivity index (χ2n) is 6.59. The van der Waals surface area contributed by atoms with Crippen molar-refractivity contribution in [2.75, 3.05) is 0 Å². The van der Waals surface area contributed by atoms with Gasteiger partial charge in [-0.05, 0) is 55.6 Å². The molecular formula is C23H16O. The van der Waals surface area contributed by atoms with Gasteiger partial charge in [-0.15, -0.1) is 0 Å². The zero-order valence-electron chi connectivity index (χ0n) is 13.5. The van der Waals surface area contributed by atoms with Crippen molar-refractivity contribution in [1.29, 1.82) is 0 Å². The summed E-state index contributed by atoms with van der Waals surface area (Å²) in [5.41, 5.74) is 1.13. The Labute approximate surface area is 139 Å². The monoisotopic (exact) mass is 308 g/mol. The van der Waals surface area contributed by atoms with Gasteiger partial charge in [0.25, 0.3) is 0 Å². The van der Waals surface area contributed by atoms with Crippen LogP contribution in [0.15, 0.2) is 66.7 Å². The summed E-state index contributed by atoms with van der Waals surface area (Å²) in [5, 5.41) is 10.1. The first-order valence-electron chi connectivity index (χ1n) is 8.30. The summed E-state index contributed by atoms with van der Waals surface area (Å²) in [6.45, 7) is 1.67. The van der Waals surface area contributed by atoms with E-state index in [1.807, 2.05) is 0 Å². The van der Waals surface area contributed by atoms with Crippen molar-refractivity contribution < 1.29 is 4.79 Å². The molecule has 0 amide bonds. The van der Waals surface area contributed by atoms with Crippen molar-refractivity contribution in [1.82, 2.24) is 0 Å². The third-order valence-corrected chi connectivity index (χ3v) is 5.04. The van der Waals surface area contributed by atoms with Crippen molar-refractivity contribution in [3.05, 3.63) is 72.3 Å². The molecule has 0 N–H and O–H groups in total. The number of fused-ring (bicyclic) bond motifs is 3. The summed E-state index contributed by atoms with van der Waals surface area (Å²) < 4.78 is 0. The van der Waals surface area contributed by atoms with Crippen LogP contribution in [0.2, 0.25) is 0 Å². The molecule has 0 atom stereocenters. The van der Waals surface area contributed by atoms with Crippen LogP contribution in [0, 0.1) is 0 Å². The number of hydrogen-bond donors (Lipinski definition) is 0. The van der Waals surface area contributed by atoms with Crippen molar-refractivity contribution in [2.45, 2.75) is 13.3 Å². The molecule has 0 spiro atoms. The van der Waals surface area contributed by atoms with Crippen LogP contribution in [0.1, 0.15) is 12.5 Å². The summed E-state index contributed by atoms with van der Waals surface area (Å²) in [6.07, 6.45) is 0.484. The zero-order chi connectivity index (χ0) is 16.3. The molecular weight excluding hydrogens is 292 g/mol. The molecule has 1 heteroatoms. The maximum Gasteiger partial charge on any atom is 0.134 e. The largest absolute Gasteiger partial charge is 0.300 e. The van der Waals surface area contributed by atoms with E-state index < -0.39 is 0 Å². The average Bonchev–Trinajstić information content (AvgIpc) is 2.60. The van der Waals surface area contributed by atoms with E-state index in [2.05, 4.69) is 66.7 Å². The Balaban J connectivity index is 2.17. The van der Waals surface area contributed by atoms with Gasteiger partial charge in [-0.2, -0.15) is 0 Å². The smallest absolute Gasteiger partial charge is 0.134 e.